The highest BCUT2D eigenvalue weighted by atomic mass is 35.5. The fourth-order valence-electron chi connectivity index (χ4n) is 2.68. The van der Waals surface area contributed by atoms with Crippen molar-refractivity contribution in [3.63, 3.8) is 0 Å². The maximum absolute atomic E-state index is 5.97. The molecule has 0 saturated heterocycles. The lowest BCUT2D eigenvalue weighted by atomic mass is 9.88. The van der Waals surface area contributed by atoms with Crippen LogP contribution in [0.3, 0.4) is 0 Å². The summed E-state index contributed by atoms with van der Waals surface area (Å²) in [6, 6.07) is 17.1. The predicted molar refractivity (Wildman–Crippen MR) is 94.0 cm³/mol. The van der Waals surface area contributed by atoms with Crippen LogP contribution in [-0.4, -0.2) is 0 Å². The molecule has 0 heterocycles. The molecule has 0 aliphatic rings. The van der Waals surface area contributed by atoms with Gasteiger partial charge in [-0.25, -0.2) is 0 Å². The van der Waals surface area contributed by atoms with E-state index in [1.807, 2.05) is 19.1 Å². The standard InChI is InChI=1S/C20H23Cl/c1-4-5-19(14-16-6-12-20(21)13-7-16)18-10-8-17(9-11-18)15(2)3/h6-13,19H,2,4-5,14H2,1,3H3. The Morgan fingerprint density at radius 1 is 1.05 bits per heavy atom. The van der Waals surface area contributed by atoms with E-state index in [9.17, 15) is 0 Å². The second-order valence-electron chi connectivity index (χ2n) is 5.72. The van der Waals surface area contributed by atoms with Gasteiger partial charge in [-0.15, -0.1) is 0 Å². The fraction of sp³-hybridized carbons (Fsp3) is 0.300. The van der Waals surface area contributed by atoms with E-state index in [0.717, 1.165) is 17.0 Å². The molecule has 0 aromatic heterocycles. The molecule has 21 heavy (non-hydrogen) atoms. The lowest BCUT2D eigenvalue weighted by Gasteiger charge is -2.17. The van der Waals surface area contributed by atoms with Crippen LogP contribution in [0.1, 0.15) is 49.3 Å². The van der Waals surface area contributed by atoms with Crippen molar-refractivity contribution < 1.29 is 0 Å². The average molecular weight is 299 g/mol. The number of allylic oxidation sites excluding steroid dienone is 1. The van der Waals surface area contributed by atoms with Crippen molar-refractivity contribution in [2.45, 2.75) is 39.0 Å². The Morgan fingerprint density at radius 3 is 2.19 bits per heavy atom. The molecule has 2 rings (SSSR count). The van der Waals surface area contributed by atoms with Crippen LogP contribution in [0.4, 0.5) is 0 Å². The van der Waals surface area contributed by atoms with E-state index in [-0.39, 0.29) is 0 Å². The normalized spacial score (nSPS) is 12.1. The second kappa shape index (κ2) is 7.47. The third-order valence-corrected chi connectivity index (χ3v) is 4.16. The highest BCUT2D eigenvalue weighted by molar-refractivity contribution is 6.30. The van der Waals surface area contributed by atoms with Crippen LogP contribution in [0.5, 0.6) is 0 Å². The van der Waals surface area contributed by atoms with Crippen LogP contribution in [0.15, 0.2) is 55.1 Å². The fourth-order valence-corrected chi connectivity index (χ4v) is 2.81. The zero-order valence-electron chi connectivity index (χ0n) is 12.9. The van der Waals surface area contributed by atoms with Gasteiger partial charge in [0.05, 0.1) is 0 Å². The zero-order valence-corrected chi connectivity index (χ0v) is 13.7. The molecule has 0 aliphatic carbocycles. The number of hydrogen-bond acceptors (Lipinski definition) is 0. The quantitative estimate of drug-likeness (QED) is 0.571. The highest BCUT2D eigenvalue weighted by Crippen LogP contribution is 2.27. The van der Waals surface area contributed by atoms with Crippen molar-refractivity contribution in [3.8, 4) is 0 Å². The van der Waals surface area contributed by atoms with Gasteiger partial charge in [0.25, 0.3) is 0 Å². The van der Waals surface area contributed by atoms with E-state index in [0.29, 0.717) is 5.92 Å². The first-order valence-corrected chi connectivity index (χ1v) is 7.98. The monoisotopic (exact) mass is 298 g/mol. The van der Waals surface area contributed by atoms with Crippen LogP contribution in [0, 0.1) is 0 Å². The third kappa shape index (κ3) is 4.47. The Labute approximate surface area is 133 Å². The molecule has 0 fully saturated rings. The van der Waals surface area contributed by atoms with Gasteiger partial charge in [-0.3, -0.25) is 0 Å². The van der Waals surface area contributed by atoms with Gasteiger partial charge in [0.15, 0.2) is 0 Å². The summed E-state index contributed by atoms with van der Waals surface area (Å²) >= 11 is 5.97. The predicted octanol–water partition coefficient (Wildman–Crippen LogP) is 6.50. The van der Waals surface area contributed by atoms with Gasteiger partial charge in [-0.2, -0.15) is 0 Å². The largest absolute Gasteiger partial charge is 0.0955 e. The molecule has 2 aromatic carbocycles. The van der Waals surface area contributed by atoms with Crippen molar-refractivity contribution in [2.24, 2.45) is 0 Å². The van der Waals surface area contributed by atoms with Gasteiger partial charge in [-0.05, 0) is 54.5 Å². The van der Waals surface area contributed by atoms with Crippen molar-refractivity contribution in [1.82, 2.24) is 0 Å². The molecule has 0 saturated carbocycles. The van der Waals surface area contributed by atoms with Gasteiger partial charge >= 0.3 is 0 Å². The number of halogens is 1. The first-order valence-electron chi connectivity index (χ1n) is 7.60. The van der Waals surface area contributed by atoms with Gasteiger partial charge in [0, 0.05) is 5.02 Å². The molecule has 0 amide bonds. The van der Waals surface area contributed by atoms with Crippen molar-refractivity contribution >= 4 is 17.2 Å². The Kier molecular flexibility index (Phi) is 5.64. The maximum atomic E-state index is 5.97. The minimum absolute atomic E-state index is 0.565. The molecule has 1 heteroatoms. The summed E-state index contributed by atoms with van der Waals surface area (Å²) in [5.41, 5.74) is 5.10. The van der Waals surface area contributed by atoms with E-state index >= 15 is 0 Å². The molecule has 0 N–H and O–H groups in total. The SMILES string of the molecule is C=C(C)c1ccc(C(CCC)Cc2ccc(Cl)cc2)cc1. The maximum Gasteiger partial charge on any atom is 0.0406 e. The van der Waals surface area contributed by atoms with Crippen LogP contribution in [0.25, 0.3) is 5.57 Å². The van der Waals surface area contributed by atoms with E-state index in [1.54, 1.807) is 0 Å². The average Bonchev–Trinajstić information content (AvgIpc) is 2.49. The van der Waals surface area contributed by atoms with Crippen molar-refractivity contribution in [3.05, 3.63) is 76.8 Å². The van der Waals surface area contributed by atoms with E-state index in [2.05, 4.69) is 49.9 Å². The van der Waals surface area contributed by atoms with Gasteiger partial charge in [0.2, 0.25) is 0 Å². The molecule has 0 bridgehead atoms. The van der Waals surface area contributed by atoms with Crippen LogP contribution >= 0.6 is 11.6 Å². The summed E-state index contributed by atoms with van der Waals surface area (Å²) < 4.78 is 0. The smallest absolute Gasteiger partial charge is 0.0406 e. The van der Waals surface area contributed by atoms with Crippen molar-refractivity contribution in [1.29, 1.82) is 0 Å². The van der Waals surface area contributed by atoms with Crippen LogP contribution in [-0.2, 0) is 6.42 Å². The minimum Gasteiger partial charge on any atom is -0.0955 e. The summed E-state index contributed by atoms with van der Waals surface area (Å²) in [5.74, 6) is 0.565. The molecule has 2 aromatic rings. The van der Waals surface area contributed by atoms with Crippen molar-refractivity contribution in [2.75, 3.05) is 0 Å². The summed E-state index contributed by atoms with van der Waals surface area (Å²) in [5, 5.41) is 0.802. The Bertz CT molecular complexity index is 578. The second-order valence-corrected chi connectivity index (χ2v) is 6.15. The van der Waals surface area contributed by atoms with Gasteiger partial charge in [-0.1, -0.05) is 73.5 Å². The molecular weight excluding hydrogens is 276 g/mol. The minimum atomic E-state index is 0.565. The summed E-state index contributed by atoms with van der Waals surface area (Å²) in [6.45, 7) is 8.29. The molecular formula is C20H23Cl. The first-order chi connectivity index (χ1) is 10.1. The summed E-state index contributed by atoms with van der Waals surface area (Å²) in [4.78, 5) is 0. The van der Waals surface area contributed by atoms with E-state index in [1.165, 1.54) is 29.5 Å². The van der Waals surface area contributed by atoms with E-state index in [4.69, 9.17) is 11.6 Å². The molecule has 1 atom stereocenters. The summed E-state index contributed by atoms with van der Waals surface area (Å²) in [6.07, 6.45) is 3.47. The topological polar surface area (TPSA) is 0 Å². The Balaban J connectivity index is 2.17. The van der Waals surface area contributed by atoms with E-state index < -0.39 is 0 Å². The highest BCUT2D eigenvalue weighted by Gasteiger charge is 2.12. The van der Waals surface area contributed by atoms with Crippen LogP contribution < -0.4 is 0 Å². The van der Waals surface area contributed by atoms with Crippen LogP contribution in [0.2, 0.25) is 5.02 Å². The number of hydrogen-bond donors (Lipinski definition) is 0. The molecule has 1 unspecified atom stereocenters. The lowest BCUT2D eigenvalue weighted by Crippen LogP contribution is -2.03. The van der Waals surface area contributed by atoms with Gasteiger partial charge in [0.1, 0.15) is 0 Å². The first kappa shape index (κ1) is 15.9. The molecule has 0 aliphatic heterocycles. The molecule has 0 spiro atoms. The molecule has 0 nitrogen and oxygen atoms in total. The molecule has 0 radical (unpaired) electrons. The summed E-state index contributed by atoms with van der Waals surface area (Å²) in [7, 11) is 0. The Hall–Kier alpha value is -1.53. The number of rotatable bonds is 6. The zero-order chi connectivity index (χ0) is 15.2. The molecule has 110 valence electrons. The lowest BCUT2D eigenvalue weighted by molar-refractivity contribution is 0.610. The van der Waals surface area contributed by atoms with Gasteiger partial charge < -0.3 is 0 Å². The third-order valence-electron chi connectivity index (χ3n) is 3.91. The Morgan fingerprint density at radius 2 is 1.67 bits per heavy atom. The number of benzene rings is 2.